The Balaban J connectivity index is 1.31. The molecule has 2 aromatic carbocycles. The van der Waals surface area contributed by atoms with Gasteiger partial charge in [0.1, 0.15) is 0 Å². The summed E-state index contributed by atoms with van der Waals surface area (Å²) in [6.45, 7) is 0. The maximum atomic E-state index is 4.91. The highest BCUT2D eigenvalue weighted by Crippen LogP contribution is 2.34. The van der Waals surface area contributed by atoms with E-state index in [9.17, 15) is 0 Å². The highest BCUT2D eigenvalue weighted by molar-refractivity contribution is 5.82. The predicted octanol–water partition coefficient (Wildman–Crippen LogP) is 8.66. The largest absolute Gasteiger partial charge is 0.264 e. The number of hydrogen-bond donors (Lipinski definition) is 0. The smallest absolute Gasteiger partial charge is 0.0900 e. The van der Waals surface area contributed by atoms with E-state index in [4.69, 9.17) is 4.98 Å². The van der Waals surface area contributed by atoms with Crippen LogP contribution in [0.15, 0.2) is 152 Å². The number of benzene rings is 2. The van der Waals surface area contributed by atoms with Crippen molar-refractivity contribution in [3.63, 3.8) is 0 Å². The molecule has 0 saturated carbocycles. The Bertz CT molecular complexity index is 1680. The first-order chi connectivity index (χ1) is 20.8. The summed E-state index contributed by atoms with van der Waals surface area (Å²) in [4.78, 5) is 22.9. The molecule has 0 amide bonds. The van der Waals surface area contributed by atoms with Gasteiger partial charge in [-0.2, -0.15) is 0 Å². The van der Waals surface area contributed by atoms with Gasteiger partial charge in [-0.25, -0.2) is 4.98 Å². The van der Waals surface area contributed by atoms with Gasteiger partial charge < -0.3 is 0 Å². The first kappa shape index (κ1) is 25.2. The van der Waals surface area contributed by atoms with Crippen LogP contribution in [-0.4, -0.2) is 24.9 Å². The molecule has 0 aliphatic carbocycles. The number of rotatable bonds is 6. The molecule has 42 heavy (non-hydrogen) atoms. The van der Waals surface area contributed by atoms with Gasteiger partial charge in [-0.3, -0.25) is 19.9 Å². The van der Waals surface area contributed by atoms with Crippen LogP contribution in [-0.2, 0) is 0 Å². The molecule has 0 aliphatic rings. The molecule has 0 N–H and O–H groups in total. The summed E-state index contributed by atoms with van der Waals surface area (Å²) in [6, 6.07) is 41.2. The van der Waals surface area contributed by atoms with E-state index in [1.165, 1.54) is 0 Å². The van der Waals surface area contributed by atoms with E-state index < -0.39 is 0 Å². The molecule has 5 heterocycles. The van der Waals surface area contributed by atoms with Gasteiger partial charge in [-0.1, -0.05) is 48.5 Å². The van der Waals surface area contributed by atoms with E-state index in [1.54, 1.807) is 18.6 Å². The fourth-order valence-electron chi connectivity index (χ4n) is 5.02. The molecule has 5 heteroatoms. The third-order valence-electron chi connectivity index (χ3n) is 7.12. The quantitative estimate of drug-likeness (QED) is 0.212. The molecule has 0 aliphatic heterocycles. The van der Waals surface area contributed by atoms with Gasteiger partial charge in [-0.05, 0) is 101 Å². The second kappa shape index (κ2) is 11.4. The molecule has 7 aromatic rings. The van der Waals surface area contributed by atoms with E-state index in [-0.39, 0.29) is 0 Å². The van der Waals surface area contributed by atoms with E-state index >= 15 is 0 Å². The molecule has 0 atom stereocenters. The van der Waals surface area contributed by atoms with E-state index in [1.807, 2.05) is 73.1 Å². The van der Waals surface area contributed by atoms with E-state index in [2.05, 4.69) is 80.6 Å². The van der Waals surface area contributed by atoms with Gasteiger partial charge in [0.15, 0.2) is 0 Å². The normalized spacial score (nSPS) is 10.9. The van der Waals surface area contributed by atoms with Crippen LogP contribution < -0.4 is 0 Å². The van der Waals surface area contributed by atoms with Crippen LogP contribution in [0.4, 0.5) is 0 Å². The second-order valence-electron chi connectivity index (χ2n) is 9.89. The Labute approximate surface area is 244 Å². The third kappa shape index (κ3) is 5.31. The highest BCUT2D eigenvalue weighted by atomic mass is 14.8. The fourth-order valence-corrected chi connectivity index (χ4v) is 5.02. The Hall–Kier alpha value is -5.81. The fraction of sp³-hybridized carbons (Fsp3) is 0. The molecule has 0 fully saturated rings. The van der Waals surface area contributed by atoms with Crippen molar-refractivity contribution in [3.05, 3.63) is 152 Å². The molecule has 5 nitrogen and oxygen atoms in total. The first-order valence-corrected chi connectivity index (χ1v) is 13.7. The minimum Gasteiger partial charge on any atom is -0.264 e. The lowest BCUT2D eigenvalue weighted by atomic mass is 9.94. The lowest BCUT2D eigenvalue weighted by Crippen LogP contribution is -1.94. The predicted molar refractivity (Wildman–Crippen MR) is 168 cm³/mol. The summed E-state index contributed by atoms with van der Waals surface area (Å²) in [7, 11) is 0. The number of aromatic nitrogens is 5. The van der Waals surface area contributed by atoms with Crippen molar-refractivity contribution in [2.24, 2.45) is 0 Å². The van der Waals surface area contributed by atoms with E-state index in [0.717, 1.165) is 67.4 Å². The third-order valence-corrected chi connectivity index (χ3v) is 7.12. The molecule has 0 unspecified atom stereocenters. The Morgan fingerprint density at radius 2 is 0.810 bits per heavy atom. The van der Waals surface area contributed by atoms with Crippen molar-refractivity contribution in [3.8, 4) is 67.4 Å². The van der Waals surface area contributed by atoms with Crippen molar-refractivity contribution >= 4 is 0 Å². The summed E-state index contributed by atoms with van der Waals surface area (Å²) >= 11 is 0. The summed E-state index contributed by atoms with van der Waals surface area (Å²) in [5.41, 5.74) is 11.8. The number of pyridine rings is 5. The van der Waals surface area contributed by atoms with Gasteiger partial charge >= 0.3 is 0 Å². The van der Waals surface area contributed by atoms with Crippen LogP contribution in [0.1, 0.15) is 0 Å². The molecule has 0 spiro atoms. The average molecular weight is 540 g/mol. The topological polar surface area (TPSA) is 64.5 Å². The zero-order valence-electron chi connectivity index (χ0n) is 22.7. The molecular formula is C37H25N5. The van der Waals surface area contributed by atoms with Crippen LogP contribution in [0.25, 0.3) is 67.4 Å². The standard InChI is InChI=1S/C37H25N5/c1-4-17-39-33(9-1)32-21-29(20-30(22-32)28-8-7-16-38-25-28)26-12-14-27(15-13-26)31-23-36(34-10-2-5-18-40-34)42-37(24-31)35-11-3-6-19-41-35/h1-25H. The molecule has 0 radical (unpaired) electrons. The van der Waals surface area contributed by atoms with Crippen molar-refractivity contribution in [2.75, 3.05) is 0 Å². The zero-order valence-corrected chi connectivity index (χ0v) is 22.7. The van der Waals surface area contributed by atoms with Gasteiger partial charge in [-0.15, -0.1) is 0 Å². The van der Waals surface area contributed by atoms with Gasteiger partial charge in [0.05, 0.1) is 28.5 Å². The Kier molecular flexibility index (Phi) is 6.81. The number of hydrogen-bond acceptors (Lipinski definition) is 5. The van der Waals surface area contributed by atoms with Crippen LogP contribution >= 0.6 is 0 Å². The summed E-state index contributed by atoms with van der Waals surface area (Å²) in [5.74, 6) is 0. The molecule has 5 aromatic heterocycles. The van der Waals surface area contributed by atoms with Gasteiger partial charge in [0.25, 0.3) is 0 Å². The van der Waals surface area contributed by atoms with Crippen molar-refractivity contribution in [1.82, 2.24) is 24.9 Å². The maximum Gasteiger partial charge on any atom is 0.0900 e. The highest BCUT2D eigenvalue weighted by Gasteiger charge is 2.12. The summed E-state index contributed by atoms with van der Waals surface area (Å²) < 4.78 is 0. The van der Waals surface area contributed by atoms with Crippen LogP contribution in [0.5, 0.6) is 0 Å². The Morgan fingerprint density at radius 1 is 0.310 bits per heavy atom. The van der Waals surface area contributed by atoms with Crippen LogP contribution in [0, 0.1) is 0 Å². The average Bonchev–Trinajstić information content (AvgIpc) is 3.09. The lowest BCUT2D eigenvalue weighted by molar-refractivity contribution is 1.22. The van der Waals surface area contributed by atoms with Crippen LogP contribution in [0.3, 0.4) is 0 Å². The van der Waals surface area contributed by atoms with Crippen LogP contribution in [0.2, 0.25) is 0 Å². The SMILES string of the molecule is c1ccc(-c2cc(-c3ccc(-c4cc(-c5ccccn5)nc(-c5ccccn5)c4)cc3)cc(-c3cccnc3)c2)nc1. The zero-order chi connectivity index (χ0) is 28.1. The Morgan fingerprint density at radius 3 is 1.31 bits per heavy atom. The molecule has 198 valence electrons. The number of nitrogens with zero attached hydrogens (tertiary/aromatic N) is 5. The van der Waals surface area contributed by atoms with Gasteiger partial charge in [0.2, 0.25) is 0 Å². The minimum atomic E-state index is 0.807. The van der Waals surface area contributed by atoms with Crippen molar-refractivity contribution in [1.29, 1.82) is 0 Å². The maximum absolute atomic E-state index is 4.91. The van der Waals surface area contributed by atoms with E-state index in [0.29, 0.717) is 0 Å². The lowest BCUT2D eigenvalue weighted by Gasteiger charge is -2.12. The minimum absolute atomic E-state index is 0.807. The summed E-state index contributed by atoms with van der Waals surface area (Å²) in [6.07, 6.45) is 9.10. The molecule has 7 rings (SSSR count). The first-order valence-electron chi connectivity index (χ1n) is 13.7. The van der Waals surface area contributed by atoms with Crippen molar-refractivity contribution in [2.45, 2.75) is 0 Å². The summed E-state index contributed by atoms with van der Waals surface area (Å²) in [5, 5.41) is 0. The van der Waals surface area contributed by atoms with Crippen molar-refractivity contribution < 1.29 is 0 Å². The second-order valence-corrected chi connectivity index (χ2v) is 9.89. The molecule has 0 bridgehead atoms. The molecular weight excluding hydrogens is 514 g/mol. The van der Waals surface area contributed by atoms with Gasteiger partial charge in [0, 0.05) is 42.1 Å². The monoisotopic (exact) mass is 539 g/mol. The molecule has 0 saturated heterocycles.